The Hall–Kier alpha value is -2.54. The van der Waals surface area contributed by atoms with Gasteiger partial charge in [0.05, 0.1) is 6.61 Å². The predicted octanol–water partition coefficient (Wildman–Crippen LogP) is 6.25. The maximum Gasteiger partial charge on any atom is 0.294 e. The van der Waals surface area contributed by atoms with E-state index >= 15 is 0 Å². The fraction of sp³-hybridized carbons (Fsp3) is 0.560. The molecule has 0 N–H and O–H groups in total. The van der Waals surface area contributed by atoms with Gasteiger partial charge in [-0.15, -0.1) is 10.1 Å². The number of halogens is 1. The third-order valence-corrected chi connectivity index (χ3v) is 5.44. The molecule has 7 nitrogen and oxygen atoms in total. The van der Waals surface area contributed by atoms with Crippen molar-refractivity contribution in [2.75, 3.05) is 26.8 Å². The minimum Gasteiger partial charge on any atom is -0.493 e. The Kier molecular flexibility index (Phi) is 15.5. The normalized spacial score (nSPS) is 13.7. The number of carbonyl (C=O) groups excluding carboxylic acids is 1. The molecule has 0 atom stereocenters. The van der Waals surface area contributed by atoms with Crippen LogP contribution in [0.2, 0.25) is 5.02 Å². The zero-order valence-corrected chi connectivity index (χ0v) is 20.5. The lowest BCUT2D eigenvalue weighted by Gasteiger charge is -2.15. The van der Waals surface area contributed by atoms with Crippen LogP contribution in [0.1, 0.15) is 58.3 Å². The molecule has 0 radical (unpaired) electrons. The van der Waals surface area contributed by atoms with Crippen LogP contribution in [0, 0.1) is 16.0 Å². The molecule has 0 aliphatic heterocycles. The van der Waals surface area contributed by atoms with Gasteiger partial charge >= 0.3 is 0 Å². The second kappa shape index (κ2) is 18.0. The lowest BCUT2D eigenvalue weighted by Crippen LogP contribution is -2.30. The van der Waals surface area contributed by atoms with E-state index in [4.69, 9.17) is 16.3 Å². The van der Waals surface area contributed by atoms with E-state index in [1.54, 1.807) is 7.05 Å². The highest BCUT2D eigenvalue weighted by atomic mass is 35.5. The molecule has 0 spiro atoms. The minimum atomic E-state index is -0.857. The molecule has 0 heterocycles. The van der Waals surface area contributed by atoms with Gasteiger partial charge in [-0.05, 0) is 63.1 Å². The van der Waals surface area contributed by atoms with Crippen molar-refractivity contribution < 1.29 is 19.5 Å². The average molecular weight is 481 g/mol. The molecule has 184 valence electrons. The molecule has 1 aliphatic carbocycles. The van der Waals surface area contributed by atoms with Gasteiger partial charge in [0.2, 0.25) is 5.91 Å². The summed E-state index contributed by atoms with van der Waals surface area (Å²) in [4.78, 5) is 26.9. The van der Waals surface area contributed by atoms with Crippen molar-refractivity contribution in [2.45, 2.75) is 58.3 Å². The Labute approximate surface area is 202 Å². The number of ether oxygens (including phenoxy) is 1. The second-order valence-corrected chi connectivity index (χ2v) is 8.34. The summed E-state index contributed by atoms with van der Waals surface area (Å²) in [5, 5.41) is 9.74. The van der Waals surface area contributed by atoms with Gasteiger partial charge in [0.15, 0.2) is 0 Å². The summed E-state index contributed by atoms with van der Waals surface area (Å²) < 4.78 is 5.62. The molecule has 2 rings (SSSR count). The summed E-state index contributed by atoms with van der Waals surface area (Å²) in [5.74, 6) is 1.66. The smallest absolute Gasteiger partial charge is 0.294 e. The number of benzene rings is 1. The minimum absolute atomic E-state index is 0.0172. The fourth-order valence-electron chi connectivity index (χ4n) is 3.35. The van der Waals surface area contributed by atoms with E-state index in [0.29, 0.717) is 6.42 Å². The number of amides is 1. The van der Waals surface area contributed by atoms with Crippen molar-refractivity contribution in [1.29, 1.82) is 0 Å². The summed E-state index contributed by atoms with van der Waals surface area (Å²) in [5.41, 5.74) is 0. The fourth-order valence-corrected chi connectivity index (χ4v) is 3.53. The second-order valence-electron chi connectivity index (χ2n) is 7.90. The highest BCUT2D eigenvalue weighted by Gasteiger charge is 2.10. The molecule has 0 unspecified atom stereocenters. The first-order chi connectivity index (χ1) is 15.9. The van der Waals surface area contributed by atoms with Gasteiger partial charge < -0.3 is 14.5 Å². The van der Waals surface area contributed by atoms with Crippen LogP contribution in [0.3, 0.4) is 0 Å². The summed E-state index contributed by atoms with van der Waals surface area (Å²) in [6.07, 6.45) is 17.2. The zero-order valence-electron chi connectivity index (χ0n) is 19.8. The van der Waals surface area contributed by atoms with Crippen molar-refractivity contribution in [3.05, 3.63) is 63.7 Å². The molecular formula is C25H37ClN2O5. The van der Waals surface area contributed by atoms with Crippen LogP contribution in [0.4, 0.5) is 0 Å². The quantitative estimate of drug-likeness (QED) is 0.144. The van der Waals surface area contributed by atoms with E-state index in [1.807, 2.05) is 43.3 Å². The number of unbranched alkanes of at least 4 members (excludes halogenated alkanes) is 1. The summed E-state index contributed by atoms with van der Waals surface area (Å²) in [6, 6.07) is 7.55. The van der Waals surface area contributed by atoms with Gasteiger partial charge in [0.25, 0.3) is 5.09 Å². The molecule has 0 bridgehead atoms. The number of carbonyl (C=O) groups is 1. The van der Waals surface area contributed by atoms with E-state index in [2.05, 4.69) is 17.0 Å². The zero-order chi connectivity index (χ0) is 24.3. The lowest BCUT2D eigenvalue weighted by molar-refractivity contribution is -0.757. The lowest BCUT2D eigenvalue weighted by atomic mass is 10.1. The maximum atomic E-state index is 11.5. The van der Waals surface area contributed by atoms with Gasteiger partial charge in [-0.1, -0.05) is 54.8 Å². The van der Waals surface area contributed by atoms with Crippen LogP contribution in [0.5, 0.6) is 5.75 Å². The molecule has 1 amide bonds. The van der Waals surface area contributed by atoms with Crippen LogP contribution < -0.4 is 4.74 Å². The van der Waals surface area contributed by atoms with Gasteiger partial charge in [-0.2, -0.15) is 0 Å². The van der Waals surface area contributed by atoms with E-state index in [0.717, 1.165) is 42.6 Å². The van der Waals surface area contributed by atoms with Crippen LogP contribution in [-0.2, 0) is 9.63 Å². The van der Waals surface area contributed by atoms with Crippen molar-refractivity contribution in [2.24, 2.45) is 5.92 Å². The first kappa shape index (κ1) is 28.5. The molecule has 1 aromatic carbocycles. The van der Waals surface area contributed by atoms with E-state index in [1.165, 1.54) is 30.6 Å². The molecule has 33 heavy (non-hydrogen) atoms. The van der Waals surface area contributed by atoms with Crippen molar-refractivity contribution in [1.82, 2.24) is 4.90 Å². The van der Waals surface area contributed by atoms with Crippen LogP contribution in [0.15, 0.2) is 48.6 Å². The first-order valence-corrected chi connectivity index (χ1v) is 12.0. The predicted molar refractivity (Wildman–Crippen MR) is 132 cm³/mol. The van der Waals surface area contributed by atoms with Crippen molar-refractivity contribution >= 4 is 17.5 Å². The third-order valence-electron chi connectivity index (χ3n) is 5.20. The average Bonchev–Trinajstić information content (AvgIpc) is 3.30. The molecular weight excluding hydrogens is 444 g/mol. The number of rotatable bonds is 13. The number of hydrogen-bond acceptors (Lipinski definition) is 5. The van der Waals surface area contributed by atoms with E-state index in [9.17, 15) is 14.9 Å². The van der Waals surface area contributed by atoms with Crippen molar-refractivity contribution in [3.63, 3.8) is 0 Å². The number of likely N-dealkylation sites (N-methyl/N-ethyl adjacent to an activating group) is 1. The topological polar surface area (TPSA) is 81.9 Å². The van der Waals surface area contributed by atoms with E-state index < -0.39 is 5.09 Å². The Balaban J connectivity index is 0.000000331. The largest absolute Gasteiger partial charge is 0.493 e. The Morgan fingerprint density at radius 3 is 2.67 bits per heavy atom. The molecule has 0 saturated heterocycles. The first-order valence-electron chi connectivity index (χ1n) is 11.6. The number of hydrogen-bond donors (Lipinski definition) is 0. The molecule has 1 fully saturated rings. The summed E-state index contributed by atoms with van der Waals surface area (Å²) in [6.45, 7) is 2.82. The van der Waals surface area contributed by atoms with Gasteiger partial charge in [-0.25, -0.2) is 0 Å². The van der Waals surface area contributed by atoms with E-state index in [-0.39, 0.29) is 19.1 Å². The summed E-state index contributed by atoms with van der Waals surface area (Å²) in [7, 11) is 1.61. The van der Waals surface area contributed by atoms with Gasteiger partial charge in [0.1, 0.15) is 12.4 Å². The van der Waals surface area contributed by atoms with Crippen LogP contribution in [0.25, 0.3) is 0 Å². The number of allylic oxidation sites excluding steroid dienone is 3. The highest BCUT2D eigenvalue weighted by Crippen LogP contribution is 2.25. The van der Waals surface area contributed by atoms with Gasteiger partial charge in [0, 0.05) is 25.0 Å². The maximum absolute atomic E-state index is 11.5. The SMILES string of the molecule is C/C=C\CCCC(=O)N(C)CCO[N+](=O)[O-].Clc1cccc(OCC/C=C/C2CCCC2)c1. The molecule has 1 aliphatic rings. The third kappa shape index (κ3) is 15.0. The molecule has 1 saturated carbocycles. The Morgan fingerprint density at radius 2 is 2.00 bits per heavy atom. The standard InChI is InChI=1S/C15H19ClO.C10H18N2O4/c16-14-9-5-10-15(12-14)17-11-4-3-8-13-6-1-2-7-13;1-3-4-5-6-7-10(13)11(2)8-9-16-12(14)15/h3,5,8-10,12-13H,1-2,4,6-7,11H2;3-4H,5-9H2,1-2H3/b8-3+;4-3-. The summed E-state index contributed by atoms with van der Waals surface area (Å²) >= 11 is 5.88. The monoisotopic (exact) mass is 480 g/mol. The van der Waals surface area contributed by atoms with Gasteiger partial charge in [-0.3, -0.25) is 4.79 Å². The molecule has 8 heteroatoms. The van der Waals surface area contributed by atoms with Crippen LogP contribution >= 0.6 is 11.6 Å². The number of nitrogens with zero attached hydrogens (tertiary/aromatic N) is 2. The Bertz CT molecular complexity index is 748. The Morgan fingerprint density at radius 1 is 1.24 bits per heavy atom. The highest BCUT2D eigenvalue weighted by molar-refractivity contribution is 6.30. The molecule has 1 aromatic rings. The van der Waals surface area contributed by atoms with Crippen molar-refractivity contribution in [3.8, 4) is 5.75 Å². The van der Waals surface area contributed by atoms with Crippen LogP contribution in [-0.4, -0.2) is 42.7 Å². The molecule has 0 aromatic heterocycles.